The first-order chi connectivity index (χ1) is 16.0. The summed E-state index contributed by atoms with van der Waals surface area (Å²) in [6.45, 7) is -0.253. The van der Waals surface area contributed by atoms with Crippen LogP contribution in [-0.4, -0.2) is 57.7 Å². The molecule has 1 aliphatic rings. The highest BCUT2D eigenvalue weighted by molar-refractivity contribution is 5.98. The average molecular weight is 444 g/mol. The second-order valence-corrected chi connectivity index (χ2v) is 8.34. The zero-order chi connectivity index (χ0) is 23.1. The number of pyridine rings is 1. The van der Waals surface area contributed by atoms with E-state index < -0.39 is 18.4 Å². The molecule has 0 aliphatic carbocycles. The molecule has 4 aromatic rings. The number of ether oxygens (including phenoxy) is 1. The van der Waals surface area contributed by atoms with Crippen LogP contribution in [0.4, 0.5) is 11.5 Å². The quantitative estimate of drug-likeness (QED) is 0.417. The number of aliphatic hydroxyl groups excluding tert-OH is 2. The SMILES string of the molecule is CN(C)c1ccc(C#Cc2cnc(N)c3ncn([C@H]4C[C@H](O)[C@@H](CO)O4)c23)c2ccccc12. The Kier molecular flexibility index (Phi) is 5.38. The molecule has 168 valence electrons. The second-order valence-electron chi connectivity index (χ2n) is 8.34. The van der Waals surface area contributed by atoms with Crippen LogP contribution in [0.1, 0.15) is 23.8 Å². The van der Waals surface area contributed by atoms with Crippen molar-refractivity contribution in [3.63, 3.8) is 0 Å². The van der Waals surface area contributed by atoms with Crippen LogP contribution < -0.4 is 10.6 Å². The first-order valence-electron chi connectivity index (χ1n) is 10.7. The molecule has 0 unspecified atom stereocenters. The third kappa shape index (κ3) is 3.66. The van der Waals surface area contributed by atoms with E-state index >= 15 is 0 Å². The monoisotopic (exact) mass is 443 g/mol. The van der Waals surface area contributed by atoms with Crippen molar-refractivity contribution in [1.82, 2.24) is 14.5 Å². The predicted molar refractivity (Wildman–Crippen MR) is 128 cm³/mol. The lowest BCUT2D eigenvalue weighted by molar-refractivity contribution is -0.0430. The fourth-order valence-electron chi connectivity index (χ4n) is 4.35. The maximum Gasteiger partial charge on any atom is 0.151 e. The molecule has 3 heterocycles. The van der Waals surface area contributed by atoms with Gasteiger partial charge in [-0.2, -0.15) is 0 Å². The van der Waals surface area contributed by atoms with E-state index in [-0.39, 0.29) is 6.61 Å². The van der Waals surface area contributed by atoms with Gasteiger partial charge in [0.2, 0.25) is 0 Å². The molecule has 0 radical (unpaired) electrons. The Morgan fingerprint density at radius 2 is 1.88 bits per heavy atom. The Hall–Kier alpha value is -3.64. The minimum atomic E-state index is -0.757. The van der Waals surface area contributed by atoms with E-state index in [9.17, 15) is 10.2 Å². The predicted octanol–water partition coefficient (Wildman–Crippen LogP) is 2.27. The lowest BCUT2D eigenvalue weighted by Crippen LogP contribution is -2.24. The molecular formula is C25H25N5O3. The second kappa shape index (κ2) is 8.37. The van der Waals surface area contributed by atoms with Gasteiger partial charge in [0, 0.05) is 43.4 Å². The fraction of sp³-hybridized carbons (Fsp3) is 0.280. The first-order valence-corrected chi connectivity index (χ1v) is 10.7. The number of nitrogens with two attached hydrogens (primary N) is 1. The van der Waals surface area contributed by atoms with Gasteiger partial charge < -0.3 is 30.2 Å². The molecule has 2 aromatic carbocycles. The smallest absolute Gasteiger partial charge is 0.151 e. The number of hydrogen-bond acceptors (Lipinski definition) is 7. The molecule has 1 saturated heterocycles. The summed E-state index contributed by atoms with van der Waals surface area (Å²) in [7, 11) is 4.04. The molecule has 0 amide bonds. The standard InChI is InChI=1S/C25H25N5O3/c1-29(2)19-10-9-15(17-5-3-4-6-18(17)19)7-8-16-12-27-25(26)23-24(16)30(14-28-23)22-11-20(32)21(13-31)33-22/h3-6,9-10,12,14,20-22,31-32H,11,13H2,1-2H3,(H2,26,27)/t20-,21+,22+/m0/s1. The summed E-state index contributed by atoms with van der Waals surface area (Å²) in [6.07, 6.45) is 1.71. The number of fused-ring (bicyclic) bond motifs is 2. The number of benzene rings is 2. The molecule has 0 spiro atoms. The highest BCUT2D eigenvalue weighted by atomic mass is 16.5. The van der Waals surface area contributed by atoms with Crippen LogP contribution >= 0.6 is 0 Å². The van der Waals surface area contributed by atoms with E-state index in [2.05, 4.69) is 44.9 Å². The summed E-state index contributed by atoms with van der Waals surface area (Å²) in [5.74, 6) is 6.84. The Morgan fingerprint density at radius 1 is 1.12 bits per heavy atom. The van der Waals surface area contributed by atoms with Gasteiger partial charge in [0.1, 0.15) is 17.8 Å². The zero-order valence-corrected chi connectivity index (χ0v) is 18.4. The van der Waals surface area contributed by atoms with Crippen LogP contribution in [-0.2, 0) is 4.74 Å². The molecule has 2 aromatic heterocycles. The maximum absolute atomic E-state index is 10.2. The van der Waals surface area contributed by atoms with Gasteiger partial charge in [0.05, 0.1) is 30.1 Å². The lowest BCUT2D eigenvalue weighted by Gasteiger charge is -2.16. The van der Waals surface area contributed by atoms with Gasteiger partial charge in [-0.15, -0.1) is 0 Å². The van der Waals surface area contributed by atoms with Crippen LogP contribution in [0.3, 0.4) is 0 Å². The highest BCUT2D eigenvalue weighted by Gasteiger charge is 2.35. The molecular weight excluding hydrogens is 418 g/mol. The number of nitrogens with zero attached hydrogens (tertiary/aromatic N) is 4. The topological polar surface area (TPSA) is 110 Å². The van der Waals surface area contributed by atoms with Gasteiger partial charge in [0.15, 0.2) is 5.82 Å². The van der Waals surface area contributed by atoms with Gasteiger partial charge >= 0.3 is 0 Å². The molecule has 3 atom stereocenters. The Balaban J connectivity index is 1.62. The molecule has 0 saturated carbocycles. The molecule has 33 heavy (non-hydrogen) atoms. The van der Waals surface area contributed by atoms with Gasteiger partial charge in [-0.05, 0) is 17.5 Å². The van der Waals surface area contributed by atoms with E-state index in [1.807, 2.05) is 36.9 Å². The van der Waals surface area contributed by atoms with Crippen molar-refractivity contribution >= 4 is 33.3 Å². The van der Waals surface area contributed by atoms with E-state index in [0.717, 1.165) is 22.0 Å². The largest absolute Gasteiger partial charge is 0.394 e. The molecule has 8 nitrogen and oxygen atoms in total. The Labute approximate surface area is 191 Å². The van der Waals surface area contributed by atoms with Gasteiger partial charge in [-0.1, -0.05) is 36.1 Å². The summed E-state index contributed by atoms with van der Waals surface area (Å²) in [6, 6.07) is 12.3. The van der Waals surface area contributed by atoms with Crippen LogP contribution in [0.25, 0.3) is 21.8 Å². The summed E-state index contributed by atoms with van der Waals surface area (Å²) >= 11 is 0. The number of rotatable bonds is 3. The van der Waals surface area contributed by atoms with E-state index in [1.54, 1.807) is 12.5 Å². The lowest BCUT2D eigenvalue weighted by atomic mass is 10.0. The molecule has 1 aliphatic heterocycles. The van der Waals surface area contributed by atoms with E-state index in [1.165, 1.54) is 0 Å². The van der Waals surface area contributed by atoms with Crippen molar-refractivity contribution in [2.24, 2.45) is 0 Å². The third-order valence-corrected chi connectivity index (χ3v) is 6.03. The molecule has 4 N–H and O–H groups in total. The van der Waals surface area contributed by atoms with Gasteiger partial charge in [-0.3, -0.25) is 0 Å². The van der Waals surface area contributed by atoms with Crippen molar-refractivity contribution < 1.29 is 14.9 Å². The number of nitrogen functional groups attached to an aromatic ring is 1. The minimum Gasteiger partial charge on any atom is -0.394 e. The average Bonchev–Trinajstić information content (AvgIpc) is 3.42. The molecule has 8 heteroatoms. The third-order valence-electron chi connectivity index (χ3n) is 6.03. The van der Waals surface area contributed by atoms with E-state index in [4.69, 9.17) is 10.5 Å². The normalized spacial score (nSPS) is 20.2. The van der Waals surface area contributed by atoms with Crippen LogP contribution in [0.15, 0.2) is 48.9 Å². The van der Waals surface area contributed by atoms with Crippen LogP contribution in [0.5, 0.6) is 0 Å². The number of anilines is 2. The molecule has 5 rings (SSSR count). The number of hydrogen-bond donors (Lipinski definition) is 3. The number of imidazole rings is 1. The summed E-state index contributed by atoms with van der Waals surface area (Å²) < 4.78 is 7.64. The number of aliphatic hydroxyl groups is 2. The number of aromatic nitrogens is 3. The fourth-order valence-corrected chi connectivity index (χ4v) is 4.35. The summed E-state index contributed by atoms with van der Waals surface area (Å²) in [5.41, 5.74) is 9.98. The van der Waals surface area contributed by atoms with Crippen molar-refractivity contribution in [3.8, 4) is 11.8 Å². The van der Waals surface area contributed by atoms with Crippen molar-refractivity contribution in [2.45, 2.75) is 24.9 Å². The summed E-state index contributed by atoms with van der Waals surface area (Å²) in [5, 5.41) is 21.8. The summed E-state index contributed by atoms with van der Waals surface area (Å²) in [4.78, 5) is 10.8. The molecule has 0 bridgehead atoms. The van der Waals surface area contributed by atoms with Crippen LogP contribution in [0, 0.1) is 11.8 Å². The van der Waals surface area contributed by atoms with Gasteiger partial charge in [-0.25, -0.2) is 9.97 Å². The van der Waals surface area contributed by atoms with Gasteiger partial charge in [0.25, 0.3) is 0 Å². The molecule has 1 fully saturated rings. The zero-order valence-electron chi connectivity index (χ0n) is 18.4. The minimum absolute atomic E-state index is 0.253. The van der Waals surface area contributed by atoms with Crippen molar-refractivity contribution in [2.75, 3.05) is 31.3 Å². The van der Waals surface area contributed by atoms with E-state index in [0.29, 0.717) is 28.8 Å². The van der Waals surface area contributed by atoms with Crippen LogP contribution in [0.2, 0.25) is 0 Å². The Bertz CT molecular complexity index is 1400. The highest BCUT2D eigenvalue weighted by Crippen LogP contribution is 2.33. The van der Waals surface area contributed by atoms with Crippen molar-refractivity contribution in [3.05, 3.63) is 60.0 Å². The Morgan fingerprint density at radius 3 is 2.61 bits per heavy atom. The first kappa shape index (κ1) is 21.2. The maximum atomic E-state index is 10.2. The van der Waals surface area contributed by atoms with Crippen molar-refractivity contribution in [1.29, 1.82) is 0 Å².